The fourth-order valence-electron chi connectivity index (χ4n) is 1.01. The third kappa shape index (κ3) is 1.51. The Kier molecular flexibility index (Phi) is 2.59. The minimum atomic E-state index is 0.340. The number of nitrogens with zero attached hydrogens (tertiary/aromatic N) is 2. The summed E-state index contributed by atoms with van der Waals surface area (Å²) in [5.41, 5.74) is 6.70. The Morgan fingerprint density at radius 2 is 2.31 bits per heavy atom. The van der Waals surface area contributed by atoms with Crippen LogP contribution in [0.2, 0.25) is 5.15 Å². The predicted molar refractivity (Wildman–Crippen MR) is 51.3 cm³/mol. The molecule has 0 aliphatic heterocycles. The number of nitrogens with two attached hydrogens (primary N) is 1. The molecule has 0 radical (unpaired) electrons. The third-order valence-corrected chi connectivity index (χ3v) is 2.27. The Balaban J connectivity index is 3.50. The minimum absolute atomic E-state index is 0.340. The van der Waals surface area contributed by atoms with Crippen LogP contribution in [-0.2, 0) is 7.05 Å². The Bertz CT molecular complexity index is 381. The number of hydrogen-bond acceptors (Lipinski definition) is 3. The first-order valence-corrected chi connectivity index (χ1v) is 4.05. The standard InChI is InChI=1S/C8H9ClN4/c1-12-6-3-7(11)13(2)8(9)5(6)4-10/h3H,1-2H3,(H2,11,12)/p+1. The third-order valence-electron chi connectivity index (χ3n) is 1.83. The van der Waals surface area contributed by atoms with Crippen LogP contribution < -0.4 is 15.6 Å². The Labute approximate surface area is 81.5 Å². The largest absolute Gasteiger partial charge is 0.387 e. The molecule has 0 aliphatic carbocycles. The van der Waals surface area contributed by atoms with Gasteiger partial charge in [-0.2, -0.15) is 5.26 Å². The van der Waals surface area contributed by atoms with Gasteiger partial charge in [0, 0.05) is 7.05 Å². The lowest BCUT2D eigenvalue weighted by molar-refractivity contribution is -0.654. The van der Waals surface area contributed by atoms with E-state index >= 15 is 0 Å². The van der Waals surface area contributed by atoms with E-state index in [0.29, 0.717) is 22.2 Å². The highest BCUT2D eigenvalue weighted by molar-refractivity contribution is 6.30. The van der Waals surface area contributed by atoms with Gasteiger partial charge < -0.3 is 5.32 Å². The first-order valence-electron chi connectivity index (χ1n) is 3.67. The molecule has 3 N–H and O–H groups in total. The Morgan fingerprint density at radius 3 is 2.77 bits per heavy atom. The smallest absolute Gasteiger partial charge is 0.275 e. The molecule has 0 fully saturated rings. The number of pyridine rings is 1. The molecule has 0 saturated carbocycles. The fourth-order valence-corrected chi connectivity index (χ4v) is 1.25. The summed E-state index contributed by atoms with van der Waals surface area (Å²) in [6, 6.07) is 3.68. The second-order valence-corrected chi connectivity index (χ2v) is 2.93. The lowest BCUT2D eigenvalue weighted by Crippen LogP contribution is -2.34. The summed E-state index contributed by atoms with van der Waals surface area (Å²) in [5.74, 6) is 0.508. The van der Waals surface area contributed by atoms with Gasteiger partial charge in [-0.3, -0.25) is 5.73 Å². The predicted octanol–water partition coefficient (Wildman–Crippen LogP) is 0.660. The molecule has 1 rings (SSSR count). The highest BCUT2D eigenvalue weighted by Crippen LogP contribution is 2.21. The molecule has 13 heavy (non-hydrogen) atoms. The molecule has 4 nitrogen and oxygen atoms in total. The van der Waals surface area contributed by atoms with Crippen LogP contribution in [0.4, 0.5) is 11.5 Å². The number of nitrogens with one attached hydrogen (secondary N) is 1. The monoisotopic (exact) mass is 197 g/mol. The van der Waals surface area contributed by atoms with Crippen LogP contribution in [0.25, 0.3) is 0 Å². The molecule has 0 aliphatic rings. The molecule has 1 heterocycles. The Hall–Kier alpha value is -1.47. The molecule has 0 spiro atoms. The van der Waals surface area contributed by atoms with Gasteiger partial charge in [0.2, 0.25) is 5.15 Å². The van der Waals surface area contributed by atoms with Crippen LogP contribution >= 0.6 is 11.6 Å². The van der Waals surface area contributed by atoms with Gasteiger partial charge in [-0.25, -0.2) is 4.57 Å². The number of aromatic nitrogens is 1. The number of halogens is 1. The van der Waals surface area contributed by atoms with Crippen molar-refractivity contribution in [3.63, 3.8) is 0 Å². The number of rotatable bonds is 1. The number of anilines is 2. The van der Waals surface area contributed by atoms with Crippen LogP contribution in [0.3, 0.4) is 0 Å². The van der Waals surface area contributed by atoms with Gasteiger partial charge in [0.1, 0.15) is 11.6 Å². The Morgan fingerprint density at radius 1 is 1.69 bits per heavy atom. The fraction of sp³-hybridized carbons (Fsp3) is 0.250. The van der Waals surface area contributed by atoms with Crippen molar-refractivity contribution in [2.75, 3.05) is 18.1 Å². The summed E-state index contributed by atoms with van der Waals surface area (Å²) < 4.78 is 1.56. The van der Waals surface area contributed by atoms with E-state index in [1.807, 2.05) is 6.07 Å². The lowest BCUT2D eigenvalue weighted by Gasteiger charge is -2.06. The van der Waals surface area contributed by atoms with Crippen molar-refractivity contribution in [1.82, 2.24) is 0 Å². The van der Waals surface area contributed by atoms with Crippen LogP contribution in [-0.4, -0.2) is 7.05 Å². The van der Waals surface area contributed by atoms with E-state index in [0.717, 1.165) is 0 Å². The summed E-state index contributed by atoms with van der Waals surface area (Å²) in [6.07, 6.45) is 0. The molecular weight excluding hydrogens is 188 g/mol. The van der Waals surface area contributed by atoms with Crippen molar-refractivity contribution in [2.24, 2.45) is 7.05 Å². The molecule has 5 heteroatoms. The molecule has 0 atom stereocenters. The maximum Gasteiger partial charge on any atom is 0.275 e. The van der Waals surface area contributed by atoms with Crippen molar-refractivity contribution in [3.05, 3.63) is 16.8 Å². The molecule has 0 unspecified atom stereocenters. The van der Waals surface area contributed by atoms with Crippen molar-refractivity contribution >= 4 is 23.1 Å². The van der Waals surface area contributed by atoms with Crippen molar-refractivity contribution in [3.8, 4) is 6.07 Å². The lowest BCUT2D eigenvalue weighted by atomic mass is 10.2. The SMILES string of the molecule is CNc1cc(N)[n+](C)c(Cl)c1C#N. The first-order chi connectivity index (χ1) is 6.11. The minimum Gasteiger partial charge on any atom is -0.387 e. The molecule has 0 bridgehead atoms. The quantitative estimate of drug-likeness (QED) is 0.514. The average Bonchev–Trinajstić information content (AvgIpc) is 2.13. The van der Waals surface area contributed by atoms with E-state index < -0.39 is 0 Å². The van der Waals surface area contributed by atoms with Crippen LogP contribution in [0.15, 0.2) is 6.07 Å². The van der Waals surface area contributed by atoms with Crippen molar-refractivity contribution in [2.45, 2.75) is 0 Å². The van der Waals surface area contributed by atoms with E-state index in [2.05, 4.69) is 5.32 Å². The van der Waals surface area contributed by atoms with Crippen molar-refractivity contribution < 1.29 is 4.57 Å². The van der Waals surface area contributed by atoms with Crippen LogP contribution in [0.1, 0.15) is 5.56 Å². The maximum absolute atomic E-state index is 8.82. The zero-order chi connectivity index (χ0) is 10.0. The average molecular weight is 198 g/mol. The number of nitriles is 1. The van der Waals surface area contributed by atoms with Crippen LogP contribution in [0, 0.1) is 11.3 Å². The van der Waals surface area contributed by atoms with Gasteiger partial charge in [0.25, 0.3) is 5.82 Å². The molecule has 0 saturated heterocycles. The summed E-state index contributed by atoms with van der Waals surface area (Å²) in [4.78, 5) is 0. The number of nitrogen functional groups attached to an aromatic ring is 1. The summed E-state index contributed by atoms with van der Waals surface area (Å²) in [7, 11) is 3.42. The zero-order valence-corrected chi connectivity index (χ0v) is 8.18. The summed E-state index contributed by atoms with van der Waals surface area (Å²) in [5, 5.41) is 12.0. The highest BCUT2D eigenvalue weighted by atomic mass is 35.5. The molecular formula is C8H10ClN4+. The number of hydrogen-bond donors (Lipinski definition) is 2. The molecule has 1 aromatic rings. The van der Waals surface area contributed by atoms with Gasteiger partial charge in [0.15, 0.2) is 0 Å². The van der Waals surface area contributed by atoms with Gasteiger partial charge >= 0.3 is 0 Å². The second kappa shape index (κ2) is 3.50. The zero-order valence-electron chi connectivity index (χ0n) is 7.43. The molecule has 68 valence electrons. The molecule has 1 aromatic heterocycles. The van der Waals surface area contributed by atoms with E-state index in [4.69, 9.17) is 22.6 Å². The van der Waals surface area contributed by atoms with Gasteiger partial charge in [-0.05, 0) is 11.6 Å². The van der Waals surface area contributed by atoms with E-state index in [9.17, 15) is 0 Å². The molecule has 0 aromatic carbocycles. The first kappa shape index (κ1) is 9.62. The van der Waals surface area contributed by atoms with Crippen LogP contribution in [0.5, 0.6) is 0 Å². The topological polar surface area (TPSA) is 65.7 Å². The van der Waals surface area contributed by atoms with Gasteiger partial charge in [-0.1, -0.05) is 0 Å². The summed E-state index contributed by atoms with van der Waals surface area (Å²) >= 11 is 5.90. The van der Waals surface area contributed by atoms with E-state index in [-0.39, 0.29) is 0 Å². The van der Waals surface area contributed by atoms with Crippen molar-refractivity contribution in [1.29, 1.82) is 5.26 Å². The van der Waals surface area contributed by atoms with E-state index in [1.165, 1.54) is 0 Å². The summed E-state index contributed by atoms with van der Waals surface area (Å²) in [6.45, 7) is 0. The maximum atomic E-state index is 8.82. The van der Waals surface area contributed by atoms with Gasteiger partial charge in [0.05, 0.1) is 18.8 Å². The van der Waals surface area contributed by atoms with E-state index in [1.54, 1.807) is 24.7 Å². The second-order valence-electron chi connectivity index (χ2n) is 2.57. The normalized spacial score (nSPS) is 9.38. The highest BCUT2D eigenvalue weighted by Gasteiger charge is 2.15. The van der Waals surface area contributed by atoms with Gasteiger partial charge in [-0.15, -0.1) is 0 Å². The molecule has 0 amide bonds.